The van der Waals surface area contributed by atoms with Crippen molar-refractivity contribution in [3.05, 3.63) is 45.9 Å². The molecule has 1 heterocycles. The third-order valence-electron chi connectivity index (χ3n) is 2.93. The highest BCUT2D eigenvalue weighted by Crippen LogP contribution is 2.23. The van der Waals surface area contributed by atoms with Crippen molar-refractivity contribution in [1.29, 1.82) is 0 Å². The molecule has 3 nitrogen and oxygen atoms in total. The average molecular weight is 310 g/mol. The van der Waals surface area contributed by atoms with Crippen LogP contribution in [-0.4, -0.2) is 18.6 Å². The second-order valence-corrected chi connectivity index (χ2v) is 6.30. The van der Waals surface area contributed by atoms with Crippen molar-refractivity contribution in [2.24, 2.45) is 0 Å². The van der Waals surface area contributed by atoms with Crippen LogP contribution in [0.1, 0.15) is 23.8 Å². The van der Waals surface area contributed by atoms with E-state index in [1.165, 1.54) is 10.4 Å². The number of anilines is 1. The number of thiazole rings is 1. The summed E-state index contributed by atoms with van der Waals surface area (Å²) >= 11 is 7.64. The lowest BCUT2D eigenvalue weighted by Gasteiger charge is -2.15. The highest BCUT2D eigenvalue weighted by molar-refractivity contribution is 7.15. The minimum Gasteiger partial charge on any atom is -0.347 e. The highest BCUT2D eigenvalue weighted by atomic mass is 35.5. The first kappa shape index (κ1) is 15.3. The number of benzene rings is 1. The Bertz CT molecular complexity index is 524. The molecule has 0 saturated heterocycles. The Hall–Kier alpha value is -1.10. The lowest BCUT2D eigenvalue weighted by molar-refractivity contribution is 0.681. The molecule has 20 heavy (non-hydrogen) atoms. The van der Waals surface area contributed by atoms with Crippen molar-refractivity contribution in [2.75, 3.05) is 18.5 Å². The summed E-state index contributed by atoms with van der Waals surface area (Å²) < 4.78 is 0. The lowest BCUT2D eigenvalue weighted by atomic mass is 10.2. The van der Waals surface area contributed by atoms with E-state index in [1.807, 2.05) is 18.3 Å². The Morgan fingerprint density at radius 1 is 1.30 bits per heavy atom. The summed E-state index contributed by atoms with van der Waals surface area (Å²) in [6.45, 7) is 4.96. The fraction of sp³-hybridized carbons (Fsp3) is 0.400. The van der Waals surface area contributed by atoms with Gasteiger partial charge in [-0.25, -0.2) is 4.98 Å². The first-order valence-corrected chi connectivity index (χ1v) is 7.99. The van der Waals surface area contributed by atoms with Crippen molar-refractivity contribution in [3.8, 4) is 0 Å². The summed E-state index contributed by atoms with van der Waals surface area (Å²) in [6, 6.07) is 7.95. The zero-order valence-electron chi connectivity index (χ0n) is 11.9. The van der Waals surface area contributed by atoms with Gasteiger partial charge in [-0.05, 0) is 30.7 Å². The molecule has 0 saturated carbocycles. The van der Waals surface area contributed by atoms with Crippen LogP contribution in [0.5, 0.6) is 0 Å². The van der Waals surface area contributed by atoms with E-state index in [0.29, 0.717) is 0 Å². The number of hydrogen-bond donors (Lipinski definition) is 1. The van der Waals surface area contributed by atoms with E-state index in [-0.39, 0.29) is 0 Å². The van der Waals surface area contributed by atoms with E-state index < -0.39 is 0 Å². The monoisotopic (exact) mass is 309 g/mol. The standard InChI is InChI=1S/C15H20ClN3S/c1-3-8-17-9-14-10-18-15(20-14)19(2)11-12-4-6-13(16)7-5-12/h4-7,10,17H,3,8-9,11H2,1-2H3. The molecule has 108 valence electrons. The maximum Gasteiger partial charge on any atom is 0.185 e. The zero-order valence-corrected chi connectivity index (χ0v) is 13.5. The molecule has 0 radical (unpaired) electrons. The minimum atomic E-state index is 0.773. The predicted molar refractivity (Wildman–Crippen MR) is 87.7 cm³/mol. The molecule has 1 N–H and O–H groups in total. The Morgan fingerprint density at radius 3 is 2.75 bits per heavy atom. The third kappa shape index (κ3) is 4.47. The molecule has 5 heteroatoms. The zero-order chi connectivity index (χ0) is 14.4. The van der Waals surface area contributed by atoms with E-state index in [1.54, 1.807) is 11.3 Å². The van der Waals surface area contributed by atoms with E-state index in [0.717, 1.165) is 36.2 Å². The van der Waals surface area contributed by atoms with Gasteiger partial charge in [0.05, 0.1) is 0 Å². The van der Waals surface area contributed by atoms with E-state index in [4.69, 9.17) is 11.6 Å². The van der Waals surface area contributed by atoms with Crippen molar-refractivity contribution >= 4 is 28.1 Å². The van der Waals surface area contributed by atoms with Crippen LogP contribution >= 0.6 is 22.9 Å². The molecule has 0 amide bonds. The molecule has 0 unspecified atom stereocenters. The van der Waals surface area contributed by atoms with Crippen molar-refractivity contribution < 1.29 is 0 Å². The summed E-state index contributed by atoms with van der Waals surface area (Å²) in [5.41, 5.74) is 1.23. The highest BCUT2D eigenvalue weighted by Gasteiger charge is 2.07. The van der Waals surface area contributed by atoms with Crippen LogP contribution in [0.2, 0.25) is 5.02 Å². The topological polar surface area (TPSA) is 28.2 Å². The van der Waals surface area contributed by atoms with Crippen LogP contribution in [0.15, 0.2) is 30.5 Å². The summed E-state index contributed by atoms with van der Waals surface area (Å²) in [4.78, 5) is 7.93. The smallest absolute Gasteiger partial charge is 0.185 e. The Morgan fingerprint density at radius 2 is 2.05 bits per heavy atom. The third-order valence-corrected chi connectivity index (χ3v) is 4.29. The predicted octanol–water partition coefficient (Wildman–Crippen LogP) is 3.93. The second kappa shape index (κ2) is 7.62. The van der Waals surface area contributed by atoms with E-state index in [9.17, 15) is 0 Å². The van der Waals surface area contributed by atoms with Crippen molar-refractivity contribution in [2.45, 2.75) is 26.4 Å². The molecule has 0 bridgehead atoms. The number of halogens is 1. The fourth-order valence-corrected chi connectivity index (χ4v) is 2.84. The molecule has 0 spiro atoms. The van der Waals surface area contributed by atoms with Crippen LogP contribution < -0.4 is 10.2 Å². The van der Waals surface area contributed by atoms with Crippen LogP contribution in [-0.2, 0) is 13.1 Å². The summed E-state index contributed by atoms with van der Waals surface area (Å²) in [5, 5.41) is 5.22. The molecule has 0 atom stereocenters. The maximum atomic E-state index is 5.90. The van der Waals surface area contributed by atoms with Gasteiger partial charge in [0.25, 0.3) is 0 Å². The lowest BCUT2D eigenvalue weighted by Crippen LogP contribution is -2.15. The van der Waals surface area contributed by atoms with E-state index >= 15 is 0 Å². The van der Waals surface area contributed by atoms with Gasteiger partial charge in [0.2, 0.25) is 0 Å². The van der Waals surface area contributed by atoms with Gasteiger partial charge >= 0.3 is 0 Å². The van der Waals surface area contributed by atoms with Gasteiger partial charge in [-0.1, -0.05) is 30.7 Å². The largest absolute Gasteiger partial charge is 0.347 e. The summed E-state index contributed by atoms with van der Waals surface area (Å²) in [5.74, 6) is 0. The molecule has 1 aromatic carbocycles. The van der Waals surface area contributed by atoms with Crippen LogP contribution in [0.3, 0.4) is 0 Å². The molecule has 0 aliphatic rings. The molecular formula is C15H20ClN3S. The first-order chi connectivity index (χ1) is 9.69. The summed E-state index contributed by atoms with van der Waals surface area (Å²) in [6.07, 6.45) is 3.11. The average Bonchev–Trinajstić information content (AvgIpc) is 2.91. The van der Waals surface area contributed by atoms with Crippen LogP contribution in [0.25, 0.3) is 0 Å². The number of nitrogens with one attached hydrogen (secondary N) is 1. The first-order valence-electron chi connectivity index (χ1n) is 6.80. The fourth-order valence-electron chi connectivity index (χ4n) is 1.88. The number of rotatable bonds is 7. The Kier molecular flexibility index (Phi) is 5.83. The van der Waals surface area contributed by atoms with Gasteiger partial charge in [-0.3, -0.25) is 0 Å². The molecule has 0 fully saturated rings. The molecule has 2 aromatic rings. The summed E-state index contributed by atoms with van der Waals surface area (Å²) in [7, 11) is 2.07. The molecule has 0 aliphatic heterocycles. The van der Waals surface area contributed by atoms with Crippen LogP contribution in [0.4, 0.5) is 5.13 Å². The molecular weight excluding hydrogens is 290 g/mol. The Balaban J connectivity index is 1.91. The van der Waals surface area contributed by atoms with Crippen molar-refractivity contribution in [1.82, 2.24) is 10.3 Å². The van der Waals surface area contributed by atoms with Gasteiger partial charge in [0.15, 0.2) is 5.13 Å². The van der Waals surface area contributed by atoms with Gasteiger partial charge in [0.1, 0.15) is 0 Å². The second-order valence-electron chi connectivity index (χ2n) is 4.77. The van der Waals surface area contributed by atoms with Gasteiger partial charge in [0, 0.05) is 36.2 Å². The van der Waals surface area contributed by atoms with Crippen molar-refractivity contribution in [3.63, 3.8) is 0 Å². The molecule has 1 aromatic heterocycles. The minimum absolute atomic E-state index is 0.773. The van der Waals surface area contributed by atoms with Gasteiger partial charge in [-0.15, -0.1) is 11.3 Å². The van der Waals surface area contributed by atoms with Crippen LogP contribution in [0, 0.1) is 0 Å². The maximum absolute atomic E-state index is 5.90. The molecule has 0 aliphatic carbocycles. The number of hydrogen-bond acceptors (Lipinski definition) is 4. The van der Waals surface area contributed by atoms with E-state index in [2.05, 4.69) is 41.3 Å². The van der Waals surface area contributed by atoms with Gasteiger partial charge < -0.3 is 10.2 Å². The molecule has 2 rings (SSSR count). The normalized spacial score (nSPS) is 10.8. The quantitative estimate of drug-likeness (QED) is 0.785. The van der Waals surface area contributed by atoms with Gasteiger partial charge in [-0.2, -0.15) is 0 Å². The number of nitrogens with zero attached hydrogens (tertiary/aromatic N) is 2. The Labute approximate surface area is 129 Å². The SMILES string of the molecule is CCCNCc1cnc(N(C)Cc2ccc(Cl)cc2)s1. The number of aromatic nitrogens is 1.